The van der Waals surface area contributed by atoms with Gasteiger partial charge < -0.3 is 10.0 Å². The lowest BCUT2D eigenvalue weighted by molar-refractivity contribution is -0.138. The largest absolute Gasteiger partial charge is 0.480 e. The zero-order valence-electron chi connectivity index (χ0n) is 9.68. The van der Waals surface area contributed by atoms with Crippen molar-refractivity contribution in [2.75, 3.05) is 6.54 Å². The smallest absolute Gasteiger partial charge is 0.323 e. The van der Waals surface area contributed by atoms with E-state index in [1.54, 1.807) is 38.1 Å². The quantitative estimate of drug-likeness (QED) is 0.929. The molecule has 1 amide bonds. The van der Waals surface area contributed by atoms with Crippen molar-refractivity contribution in [3.05, 3.63) is 34.3 Å². The van der Waals surface area contributed by atoms with Gasteiger partial charge >= 0.3 is 5.97 Å². The van der Waals surface area contributed by atoms with E-state index in [0.29, 0.717) is 10.0 Å². The molecule has 0 aliphatic carbocycles. The van der Waals surface area contributed by atoms with Crippen molar-refractivity contribution in [2.45, 2.75) is 19.9 Å². The normalized spacial score (nSPS) is 10.4. The Morgan fingerprint density at radius 2 is 1.94 bits per heavy atom. The zero-order chi connectivity index (χ0) is 13.0. The van der Waals surface area contributed by atoms with E-state index in [4.69, 9.17) is 5.11 Å². The molecular weight excluding hydrogens is 286 g/mol. The molecule has 0 aromatic heterocycles. The molecule has 0 saturated carbocycles. The predicted molar refractivity (Wildman–Crippen MR) is 68.0 cm³/mol. The molecule has 0 heterocycles. The van der Waals surface area contributed by atoms with E-state index in [0.717, 1.165) is 0 Å². The zero-order valence-corrected chi connectivity index (χ0v) is 11.3. The fourth-order valence-electron chi connectivity index (χ4n) is 1.42. The Hall–Kier alpha value is -1.36. The van der Waals surface area contributed by atoms with Crippen LogP contribution in [-0.2, 0) is 4.79 Å². The molecule has 1 N–H and O–H groups in total. The molecule has 0 bridgehead atoms. The van der Waals surface area contributed by atoms with Crippen LogP contribution in [0.4, 0.5) is 0 Å². The van der Waals surface area contributed by atoms with Gasteiger partial charge in [-0.15, -0.1) is 0 Å². The van der Waals surface area contributed by atoms with E-state index >= 15 is 0 Å². The van der Waals surface area contributed by atoms with Crippen LogP contribution in [0.2, 0.25) is 0 Å². The highest BCUT2D eigenvalue weighted by molar-refractivity contribution is 9.10. The van der Waals surface area contributed by atoms with Gasteiger partial charge in [-0.25, -0.2) is 0 Å². The Morgan fingerprint density at radius 3 is 2.41 bits per heavy atom. The minimum Gasteiger partial charge on any atom is -0.480 e. The number of carbonyl (C=O) groups is 2. The Labute approximate surface area is 108 Å². The summed E-state index contributed by atoms with van der Waals surface area (Å²) in [7, 11) is 0. The molecule has 5 heteroatoms. The van der Waals surface area contributed by atoms with Crippen LogP contribution >= 0.6 is 15.9 Å². The number of nitrogens with zero attached hydrogens (tertiary/aromatic N) is 1. The van der Waals surface area contributed by atoms with Gasteiger partial charge in [-0.3, -0.25) is 9.59 Å². The molecule has 1 aromatic rings. The second-order valence-electron chi connectivity index (χ2n) is 3.90. The molecule has 0 saturated heterocycles. The number of carboxylic acids is 1. The lowest BCUT2D eigenvalue weighted by Gasteiger charge is -2.25. The first kappa shape index (κ1) is 13.7. The average Bonchev–Trinajstić information content (AvgIpc) is 2.25. The average molecular weight is 300 g/mol. The predicted octanol–water partition coefficient (Wildman–Crippen LogP) is 2.38. The maximum absolute atomic E-state index is 12.2. The van der Waals surface area contributed by atoms with Gasteiger partial charge in [0.05, 0.1) is 5.56 Å². The van der Waals surface area contributed by atoms with Crippen LogP contribution in [-0.4, -0.2) is 34.5 Å². The molecule has 1 rings (SSSR count). The van der Waals surface area contributed by atoms with Crippen molar-refractivity contribution in [1.29, 1.82) is 0 Å². The molecule has 0 aliphatic heterocycles. The Kier molecular flexibility index (Phi) is 4.69. The highest BCUT2D eigenvalue weighted by Gasteiger charge is 2.22. The molecule has 4 nitrogen and oxygen atoms in total. The van der Waals surface area contributed by atoms with Gasteiger partial charge in [0.1, 0.15) is 6.54 Å². The second-order valence-corrected chi connectivity index (χ2v) is 4.75. The van der Waals surface area contributed by atoms with E-state index < -0.39 is 5.97 Å². The van der Waals surface area contributed by atoms with Gasteiger partial charge in [0.2, 0.25) is 0 Å². The lowest BCUT2D eigenvalue weighted by atomic mass is 10.1. The van der Waals surface area contributed by atoms with Crippen LogP contribution in [0.1, 0.15) is 24.2 Å². The summed E-state index contributed by atoms with van der Waals surface area (Å²) < 4.78 is 0.668. The van der Waals surface area contributed by atoms with Gasteiger partial charge in [-0.1, -0.05) is 12.1 Å². The Balaban J connectivity index is 3.00. The number of amides is 1. The summed E-state index contributed by atoms with van der Waals surface area (Å²) in [6.45, 7) is 3.28. The molecule has 0 radical (unpaired) electrons. The molecule has 0 aliphatic rings. The topological polar surface area (TPSA) is 57.6 Å². The molecule has 17 heavy (non-hydrogen) atoms. The van der Waals surface area contributed by atoms with E-state index in [9.17, 15) is 9.59 Å². The number of carbonyl (C=O) groups excluding carboxylic acids is 1. The minimum atomic E-state index is -1.01. The maximum Gasteiger partial charge on any atom is 0.323 e. The lowest BCUT2D eigenvalue weighted by Crippen LogP contribution is -2.40. The molecule has 0 unspecified atom stereocenters. The van der Waals surface area contributed by atoms with E-state index in [2.05, 4.69) is 15.9 Å². The number of hydrogen-bond acceptors (Lipinski definition) is 2. The highest BCUT2D eigenvalue weighted by Crippen LogP contribution is 2.18. The molecular formula is C12H14BrNO3. The summed E-state index contributed by atoms with van der Waals surface area (Å²) in [5.41, 5.74) is 0.474. The first-order valence-electron chi connectivity index (χ1n) is 5.20. The number of carboxylic acid groups (broad SMARTS) is 1. The van der Waals surface area contributed by atoms with Crippen molar-refractivity contribution in [1.82, 2.24) is 4.90 Å². The van der Waals surface area contributed by atoms with Crippen LogP contribution in [0.3, 0.4) is 0 Å². The molecule has 0 fully saturated rings. The monoisotopic (exact) mass is 299 g/mol. The van der Waals surface area contributed by atoms with Crippen LogP contribution in [0, 0.1) is 0 Å². The number of benzene rings is 1. The first-order valence-corrected chi connectivity index (χ1v) is 6.00. The van der Waals surface area contributed by atoms with E-state index in [1.165, 1.54) is 4.90 Å². The third kappa shape index (κ3) is 3.56. The summed E-state index contributed by atoms with van der Waals surface area (Å²) in [4.78, 5) is 24.2. The molecule has 1 aromatic carbocycles. The van der Waals surface area contributed by atoms with Gasteiger partial charge in [0.15, 0.2) is 0 Å². The minimum absolute atomic E-state index is 0.161. The van der Waals surface area contributed by atoms with Crippen LogP contribution < -0.4 is 0 Å². The van der Waals surface area contributed by atoms with Gasteiger partial charge in [-0.05, 0) is 41.9 Å². The fourth-order valence-corrected chi connectivity index (χ4v) is 1.88. The Morgan fingerprint density at radius 1 is 1.35 bits per heavy atom. The van der Waals surface area contributed by atoms with Gasteiger partial charge in [-0.2, -0.15) is 0 Å². The van der Waals surface area contributed by atoms with Crippen molar-refractivity contribution >= 4 is 27.8 Å². The van der Waals surface area contributed by atoms with E-state index in [-0.39, 0.29) is 18.5 Å². The first-order chi connectivity index (χ1) is 7.93. The summed E-state index contributed by atoms with van der Waals surface area (Å²) in [6, 6.07) is 6.82. The highest BCUT2D eigenvalue weighted by atomic mass is 79.9. The molecule has 0 atom stereocenters. The SMILES string of the molecule is CC(C)N(CC(=O)O)C(=O)c1ccccc1Br. The van der Waals surface area contributed by atoms with Crippen LogP contribution in [0.5, 0.6) is 0 Å². The molecule has 92 valence electrons. The standard InChI is InChI=1S/C12H14BrNO3/c1-8(2)14(7-11(15)16)12(17)9-5-3-4-6-10(9)13/h3-6,8H,7H2,1-2H3,(H,15,16). The summed E-state index contributed by atoms with van der Waals surface area (Å²) >= 11 is 3.29. The van der Waals surface area contributed by atoms with Crippen molar-refractivity contribution < 1.29 is 14.7 Å². The maximum atomic E-state index is 12.2. The summed E-state index contributed by atoms with van der Waals surface area (Å²) in [6.07, 6.45) is 0. The van der Waals surface area contributed by atoms with Gasteiger partial charge in [0.25, 0.3) is 5.91 Å². The van der Waals surface area contributed by atoms with Crippen molar-refractivity contribution in [3.63, 3.8) is 0 Å². The number of halogens is 1. The summed E-state index contributed by atoms with van der Waals surface area (Å²) in [5.74, 6) is -1.30. The van der Waals surface area contributed by atoms with Crippen LogP contribution in [0.25, 0.3) is 0 Å². The Bertz CT molecular complexity index is 432. The van der Waals surface area contributed by atoms with Crippen LogP contribution in [0.15, 0.2) is 28.7 Å². The molecule has 0 spiro atoms. The number of hydrogen-bond donors (Lipinski definition) is 1. The fraction of sp³-hybridized carbons (Fsp3) is 0.333. The van der Waals surface area contributed by atoms with Crippen molar-refractivity contribution in [2.24, 2.45) is 0 Å². The second kappa shape index (κ2) is 5.82. The van der Waals surface area contributed by atoms with Gasteiger partial charge in [0, 0.05) is 10.5 Å². The van der Waals surface area contributed by atoms with E-state index in [1.807, 2.05) is 0 Å². The summed E-state index contributed by atoms with van der Waals surface area (Å²) in [5, 5.41) is 8.79. The number of aliphatic carboxylic acids is 1. The third-order valence-corrected chi connectivity index (χ3v) is 2.99. The van der Waals surface area contributed by atoms with Crippen molar-refractivity contribution in [3.8, 4) is 0 Å². The third-order valence-electron chi connectivity index (χ3n) is 2.29. The number of rotatable bonds is 4.